The van der Waals surface area contributed by atoms with Crippen LogP contribution in [0, 0.1) is 11.6 Å². The number of rotatable bonds is 7. The molecule has 1 atom stereocenters. The van der Waals surface area contributed by atoms with E-state index in [2.05, 4.69) is 5.32 Å². The van der Waals surface area contributed by atoms with Crippen LogP contribution in [0.2, 0.25) is 0 Å². The highest BCUT2D eigenvalue weighted by molar-refractivity contribution is 5.79. The van der Waals surface area contributed by atoms with Gasteiger partial charge in [-0.05, 0) is 6.07 Å². The summed E-state index contributed by atoms with van der Waals surface area (Å²) in [7, 11) is 1.41. The zero-order chi connectivity index (χ0) is 17.6. The highest BCUT2D eigenvalue weighted by atomic mass is 19.1. The van der Waals surface area contributed by atoms with Crippen molar-refractivity contribution in [3.63, 3.8) is 0 Å². The lowest BCUT2D eigenvalue weighted by Gasteiger charge is -2.22. The lowest BCUT2D eigenvalue weighted by atomic mass is 10.0. The molecular formula is C15H18F2N2O4. The number of aliphatic carboxylic acids is 1. The molecule has 0 saturated carbocycles. The van der Waals surface area contributed by atoms with Crippen LogP contribution in [0.3, 0.4) is 0 Å². The third-order valence-corrected chi connectivity index (χ3v) is 3.18. The number of carboxylic acid groups (broad SMARTS) is 1. The molecule has 2 amide bonds. The summed E-state index contributed by atoms with van der Waals surface area (Å²) in [5.74, 6) is -3.62. The Morgan fingerprint density at radius 3 is 2.48 bits per heavy atom. The number of hydrogen-bond donors (Lipinski definition) is 2. The van der Waals surface area contributed by atoms with Gasteiger partial charge in [0.2, 0.25) is 11.8 Å². The van der Waals surface area contributed by atoms with Crippen LogP contribution in [0.15, 0.2) is 18.2 Å². The fourth-order valence-corrected chi connectivity index (χ4v) is 1.99. The maximum absolute atomic E-state index is 13.9. The molecule has 0 heterocycles. The number of hydrogen-bond acceptors (Lipinski definition) is 3. The number of carboxylic acids is 1. The summed E-state index contributed by atoms with van der Waals surface area (Å²) in [6, 6.07) is 1.90. The Kier molecular flexibility index (Phi) is 6.62. The molecule has 0 aromatic heterocycles. The van der Waals surface area contributed by atoms with Gasteiger partial charge in [0.25, 0.3) is 0 Å². The van der Waals surface area contributed by atoms with Crippen molar-refractivity contribution < 1.29 is 28.3 Å². The van der Waals surface area contributed by atoms with Gasteiger partial charge >= 0.3 is 5.97 Å². The second-order valence-corrected chi connectivity index (χ2v) is 5.08. The largest absolute Gasteiger partial charge is 0.481 e. The third kappa shape index (κ3) is 6.01. The normalized spacial score (nSPS) is 11.7. The zero-order valence-corrected chi connectivity index (χ0v) is 12.8. The van der Waals surface area contributed by atoms with Gasteiger partial charge in [0, 0.05) is 32.1 Å². The summed E-state index contributed by atoms with van der Waals surface area (Å²) < 4.78 is 26.8. The molecule has 126 valence electrons. The minimum Gasteiger partial charge on any atom is -0.481 e. The second kappa shape index (κ2) is 8.21. The van der Waals surface area contributed by atoms with E-state index in [1.54, 1.807) is 0 Å². The number of carbonyl (C=O) groups is 3. The molecule has 0 aliphatic carbocycles. The molecule has 2 N–H and O–H groups in total. The number of benzene rings is 1. The fourth-order valence-electron chi connectivity index (χ4n) is 1.99. The van der Waals surface area contributed by atoms with Gasteiger partial charge in [0.05, 0.1) is 18.9 Å². The Balaban J connectivity index is 2.88. The molecular weight excluding hydrogens is 310 g/mol. The Morgan fingerprint density at radius 1 is 1.30 bits per heavy atom. The first-order valence-corrected chi connectivity index (χ1v) is 6.88. The van der Waals surface area contributed by atoms with Crippen LogP contribution in [0.4, 0.5) is 8.78 Å². The van der Waals surface area contributed by atoms with Crippen LogP contribution in [-0.4, -0.2) is 41.4 Å². The van der Waals surface area contributed by atoms with Gasteiger partial charge in [-0.3, -0.25) is 14.4 Å². The van der Waals surface area contributed by atoms with Crippen LogP contribution in [-0.2, 0) is 14.4 Å². The van der Waals surface area contributed by atoms with Crippen LogP contribution in [0.5, 0.6) is 0 Å². The first kappa shape index (κ1) is 18.5. The molecule has 8 heteroatoms. The van der Waals surface area contributed by atoms with Gasteiger partial charge in [0.15, 0.2) is 0 Å². The van der Waals surface area contributed by atoms with Crippen molar-refractivity contribution in [2.45, 2.75) is 25.8 Å². The molecule has 0 fully saturated rings. The second-order valence-electron chi connectivity index (χ2n) is 5.08. The molecule has 1 aromatic rings. The molecule has 1 rings (SSSR count). The summed E-state index contributed by atoms with van der Waals surface area (Å²) >= 11 is 0. The Labute approximate surface area is 132 Å². The van der Waals surface area contributed by atoms with E-state index in [9.17, 15) is 23.2 Å². The van der Waals surface area contributed by atoms with Gasteiger partial charge in [-0.15, -0.1) is 0 Å². The lowest BCUT2D eigenvalue weighted by molar-refractivity contribution is -0.138. The van der Waals surface area contributed by atoms with E-state index in [1.165, 1.54) is 18.9 Å². The molecule has 0 spiro atoms. The van der Waals surface area contributed by atoms with Crippen molar-refractivity contribution >= 4 is 17.8 Å². The van der Waals surface area contributed by atoms with E-state index >= 15 is 0 Å². The summed E-state index contributed by atoms with van der Waals surface area (Å²) in [4.78, 5) is 35.0. The average molecular weight is 328 g/mol. The predicted molar refractivity (Wildman–Crippen MR) is 77.4 cm³/mol. The zero-order valence-electron chi connectivity index (χ0n) is 12.8. The van der Waals surface area contributed by atoms with Crippen LogP contribution < -0.4 is 5.32 Å². The topological polar surface area (TPSA) is 86.7 Å². The molecule has 0 bridgehead atoms. The monoisotopic (exact) mass is 328 g/mol. The molecule has 0 saturated heterocycles. The Bertz CT molecular complexity index is 607. The molecule has 1 unspecified atom stereocenters. The third-order valence-electron chi connectivity index (χ3n) is 3.18. The number of nitrogens with one attached hydrogen (secondary N) is 1. The Morgan fingerprint density at radius 2 is 1.96 bits per heavy atom. The van der Waals surface area contributed by atoms with Gasteiger partial charge < -0.3 is 15.3 Å². The fraction of sp³-hybridized carbons (Fsp3) is 0.400. The van der Waals surface area contributed by atoms with Gasteiger partial charge in [-0.2, -0.15) is 0 Å². The summed E-state index contributed by atoms with van der Waals surface area (Å²) in [6.07, 6.45) is -0.490. The van der Waals surface area contributed by atoms with Crippen molar-refractivity contribution in [2.24, 2.45) is 0 Å². The number of halogens is 2. The molecule has 6 nitrogen and oxygen atoms in total. The quantitative estimate of drug-likeness (QED) is 0.793. The van der Waals surface area contributed by atoms with E-state index in [0.29, 0.717) is 6.07 Å². The smallest absolute Gasteiger partial charge is 0.305 e. The first-order valence-electron chi connectivity index (χ1n) is 6.88. The van der Waals surface area contributed by atoms with E-state index in [1.807, 2.05) is 0 Å². The van der Waals surface area contributed by atoms with Crippen LogP contribution in [0.25, 0.3) is 0 Å². The molecule has 0 radical (unpaired) electrons. The standard InChI is InChI=1S/C15H18F2N2O4/c1-9(20)18-13(11-4-3-10(16)7-12(11)17)8-14(21)19(2)6-5-15(22)23/h3-4,7,13H,5-6,8H2,1-2H3,(H,18,20)(H,22,23). The molecule has 0 aliphatic rings. The maximum atomic E-state index is 13.9. The van der Waals surface area contributed by atoms with E-state index in [0.717, 1.165) is 12.1 Å². The number of amides is 2. The van der Waals surface area contributed by atoms with Crippen molar-refractivity contribution in [3.05, 3.63) is 35.4 Å². The predicted octanol–water partition coefficient (Wildman–Crippen LogP) is 1.47. The van der Waals surface area contributed by atoms with Crippen molar-refractivity contribution in [1.29, 1.82) is 0 Å². The molecule has 0 aliphatic heterocycles. The summed E-state index contributed by atoms with van der Waals surface area (Å²) in [5, 5.41) is 11.0. The number of carbonyl (C=O) groups excluding carboxylic acids is 2. The summed E-state index contributed by atoms with van der Waals surface area (Å²) in [6.45, 7) is 1.21. The van der Waals surface area contributed by atoms with E-state index in [-0.39, 0.29) is 24.9 Å². The summed E-state index contributed by atoms with van der Waals surface area (Å²) in [5.41, 5.74) is -0.0124. The van der Waals surface area contributed by atoms with Gasteiger partial charge in [0.1, 0.15) is 11.6 Å². The minimum absolute atomic E-state index is 0.00709. The van der Waals surface area contributed by atoms with Gasteiger partial charge in [-0.1, -0.05) is 6.07 Å². The molecule has 1 aromatic carbocycles. The van der Waals surface area contributed by atoms with Crippen molar-refractivity contribution in [2.75, 3.05) is 13.6 Å². The van der Waals surface area contributed by atoms with Gasteiger partial charge in [-0.25, -0.2) is 8.78 Å². The SMILES string of the molecule is CC(=O)NC(CC(=O)N(C)CCC(=O)O)c1ccc(F)cc1F. The van der Waals surface area contributed by atoms with Crippen molar-refractivity contribution in [1.82, 2.24) is 10.2 Å². The van der Waals surface area contributed by atoms with Crippen LogP contribution >= 0.6 is 0 Å². The average Bonchev–Trinajstić information content (AvgIpc) is 2.43. The Hall–Kier alpha value is -2.51. The van der Waals surface area contributed by atoms with Crippen molar-refractivity contribution in [3.8, 4) is 0 Å². The minimum atomic E-state index is -1.05. The highest BCUT2D eigenvalue weighted by Gasteiger charge is 2.22. The first-order chi connectivity index (χ1) is 10.7. The number of nitrogens with zero attached hydrogens (tertiary/aromatic N) is 1. The lowest BCUT2D eigenvalue weighted by Crippen LogP contribution is -2.35. The van der Waals surface area contributed by atoms with Crippen LogP contribution in [0.1, 0.15) is 31.4 Å². The van der Waals surface area contributed by atoms with E-state index < -0.39 is 35.5 Å². The highest BCUT2D eigenvalue weighted by Crippen LogP contribution is 2.22. The maximum Gasteiger partial charge on any atom is 0.305 e. The van der Waals surface area contributed by atoms with E-state index in [4.69, 9.17) is 5.11 Å². The molecule has 23 heavy (non-hydrogen) atoms.